The molecule has 0 fully saturated rings. The molecule has 2 N–H and O–H groups in total. The summed E-state index contributed by atoms with van der Waals surface area (Å²) in [6.07, 6.45) is 3.26. The summed E-state index contributed by atoms with van der Waals surface area (Å²) in [5.74, 6) is 6.79. The van der Waals surface area contributed by atoms with Crippen molar-refractivity contribution in [2.75, 3.05) is 18.9 Å². The molecule has 220 valence electrons. The average molecular weight is 578 g/mol. The van der Waals surface area contributed by atoms with Crippen molar-refractivity contribution in [2.24, 2.45) is 7.05 Å². The number of hydrogen-bond donors (Lipinski definition) is 1. The van der Waals surface area contributed by atoms with Crippen LogP contribution < -0.4 is 10.5 Å². The van der Waals surface area contributed by atoms with E-state index in [1.807, 2.05) is 54.1 Å². The van der Waals surface area contributed by atoms with Crippen molar-refractivity contribution >= 4 is 17.9 Å². The van der Waals surface area contributed by atoms with Gasteiger partial charge in [-0.15, -0.1) is 0 Å². The van der Waals surface area contributed by atoms with Crippen LogP contribution in [-0.4, -0.2) is 50.2 Å². The van der Waals surface area contributed by atoms with Crippen LogP contribution in [0.3, 0.4) is 0 Å². The van der Waals surface area contributed by atoms with Gasteiger partial charge in [0.1, 0.15) is 17.0 Å². The summed E-state index contributed by atoms with van der Waals surface area (Å²) >= 11 is 0. The van der Waals surface area contributed by atoms with Crippen LogP contribution in [0, 0.1) is 11.8 Å². The lowest BCUT2D eigenvalue weighted by Gasteiger charge is -2.28. The molecule has 0 radical (unpaired) electrons. The Morgan fingerprint density at radius 1 is 1.07 bits per heavy atom. The topological polar surface area (TPSA) is 113 Å². The van der Waals surface area contributed by atoms with Crippen molar-refractivity contribution < 1.29 is 19.1 Å². The number of imide groups is 1. The summed E-state index contributed by atoms with van der Waals surface area (Å²) in [5.41, 5.74) is 10.3. The van der Waals surface area contributed by atoms with Gasteiger partial charge in [-0.3, -0.25) is 4.79 Å². The van der Waals surface area contributed by atoms with E-state index < -0.39 is 17.6 Å². The maximum absolute atomic E-state index is 13.3. The summed E-state index contributed by atoms with van der Waals surface area (Å²) in [5, 5.41) is 0. The molecule has 9 nitrogen and oxygen atoms in total. The minimum atomic E-state index is -0.709. The molecule has 0 spiro atoms. The van der Waals surface area contributed by atoms with Gasteiger partial charge < -0.3 is 19.8 Å². The van der Waals surface area contributed by atoms with E-state index in [9.17, 15) is 9.59 Å². The third-order valence-electron chi connectivity index (χ3n) is 6.97. The third-order valence-corrected chi connectivity index (χ3v) is 6.97. The van der Waals surface area contributed by atoms with Crippen LogP contribution >= 0.6 is 0 Å². The van der Waals surface area contributed by atoms with Gasteiger partial charge in [0.15, 0.2) is 0 Å². The lowest BCUT2D eigenvalue weighted by Crippen LogP contribution is -2.44. The number of ether oxygens (including phenoxy) is 2. The number of carbonyl (C=O) groups is 2. The summed E-state index contributed by atoms with van der Waals surface area (Å²) < 4.78 is 13.3. The first-order valence-corrected chi connectivity index (χ1v) is 14.2. The minimum absolute atomic E-state index is 0.0901. The smallest absolute Gasteiger partial charge is 0.417 e. The van der Waals surface area contributed by atoms with E-state index >= 15 is 0 Å². The van der Waals surface area contributed by atoms with Crippen molar-refractivity contribution in [2.45, 2.75) is 45.6 Å². The number of benzene rings is 2. The zero-order chi connectivity index (χ0) is 30.6. The zero-order valence-corrected chi connectivity index (χ0v) is 24.9. The van der Waals surface area contributed by atoms with Gasteiger partial charge in [-0.05, 0) is 63.4 Å². The van der Waals surface area contributed by atoms with Crippen LogP contribution in [0.25, 0.3) is 11.4 Å². The molecule has 0 saturated carbocycles. The number of hydrogen-bond acceptors (Lipinski definition) is 7. The number of anilines is 1. The molecule has 1 aliphatic rings. The highest BCUT2D eigenvalue weighted by Gasteiger charge is 2.35. The number of fused-ring (bicyclic) bond motifs is 1. The molecule has 0 unspecified atom stereocenters. The van der Waals surface area contributed by atoms with Crippen LogP contribution in [0.1, 0.15) is 59.9 Å². The van der Waals surface area contributed by atoms with Crippen LogP contribution in [0.4, 0.5) is 10.7 Å². The lowest BCUT2D eigenvalue weighted by atomic mass is 10.1. The number of nitrogens with two attached hydrogens (primary N) is 1. The molecule has 4 aromatic rings. The van der Waals surface area contributed by atoms with Gasteiger partial charge in [0.25, 0.3) is 5.91 Å². The van der Waals surface area contributed by atoms with Crippen LogP contribution in [-0.2, 0) is 24.6 Å². The van der Waals surface area contributed by atoms with Crippen molar-refractivity contribution in [1.82, 2.24) is 19.4 Å². The minimum Gasteiger partial charge on any atom is -0.494 e. The monoisotopic (exact) mass is 577 g/mol. The fraction of sp³-hybridized carbons (Fsp3) is 0.294. The van der Waals surface area contributed by atoms with Gasteiger partial charge in [0.2, 0.25) is 5.95 Å². The SMILES string of the molecule is Cn1c(-c2nc(N)ncc2C#Cc2cccc(OCCCc3ccccc3)c2)cc2c1CCN(C(=O)OC(C)(C)C)C2=O. The van der Waals surface area contributed by atoms with Crippen molar-refractivity contribution in [3.8, 4) is 29.0 Å². The van der Waals surface area contributed by atoms with E-state index in [0.717, 1.165) is 34.7 Å². The highest BCUT2D eigenvalue weighted by Crippen LogP contribution is 2.30. The summed E-state index contributed by atoms with van der Waals surface area (Å²) in [7, 11) is 1.86. The Labute approximate surface area is 251 Å². The largest absolute Gasteiger partial charge is 0.494 e. The number of nitrogens with zero attached hydrogens (tertiary/aromatic N) is 4. The molecule has 9 heteroatoms. The summed E-state index contributed by atoms with van der Waals surface area (Å²) in [4.78, 5) is 35.8. The van der Waals surface area contributed by atoms with E-state index in [1.165, 1.54) is 5.56 Å². The van der Waals surface area contributed by atoms with E-state index in [-0.39, 0.29) is 12.5 Å². The molecule has 1 aliphatic heterocycles. The zero-order valence-electron chi connectivity index (χ0n) is 24.9. The number of aryl methyl sites for hydroxylation is 1. The Hall–Kier alpha value is -5.10. The van der Waals surface area contributed by atoms with Gasteiger partial charge in [-0.1, -0.05) is 48.2 Å². The number of rotatable bonds is 6. The highest BCUT2D eigenvalue weighted by molar-refractivity contribution is 6.05. The Bertz CT molecular complexity index is 1710. The second-order valence-electron chi connectivity index (χ2n) is 11.3. The molecule has 2 amide bonds. The number of aromatic nitrogens is 3. The number of carbonyl (C=O) groups excluding carboxylic acids is 2. The summed E-state index contributed by atoms with van der Waals surface area (Å²) in [6, 6.07) is 19.7. The fourth-order valence-electron chi connectivity index (χ4n) is 4.91. The Morgan fingerprint density at radius 3 is 2.63 bits per heavy atom. The normalized spacial score (nSPS) is 12.7. The molecule has 3 heterocycles. The average Bonchev–Trinajstić information content (AvgIpc) is 3.31. The van der Waals surface area contributed by atoms with Crippen molar-refractivity contribution in [3.63, 3.8) is 0 Å². The Morgan fingerprint density at radius 2 is 1.86 bits per heavy atom. The van der Waals surface area contributed by atoms with Crippen molar-refractivity contribution in [3.05, 3.63) is 94.8 Å². The molecule has 0 atom stereocenters. The van der Waals surface area contributed by atoms with Gasteiger partial charge in [-0.2, -0.15) is 0 Å². The predicted octanol–water partition coefficient (Wildman–Crippen LogP) is 5.41. The first-order valence-electron chi connectivity index (χ1n) is 14.2. The molecule has 43 heavy (non-hydrogen) atoms. The van der Waals surface area contributed by atoms with E-state index in [2.05, 4.69) is 33.9 Å². The van der Waals surface area contributed by atoms with Crippen LogP contribution in [0.15, 0.2) is 66.9 Å². The van der Waals surface area contributed by atoms with E-state index in [4.69, 9.17) is 15.2 Å². The fourth-order valence-corrected chi connectivity index (χ4v) is 4.91. The molecule has 5 rings (SSSR count). The highest BCUT2D eigenvalue weighted by atomic mass is 16.6. The van der Waals surface area contributed by atoms with Crippen molar-refractivity contribution in [1.29, 1.82) is 0 Å². The molecular formula is C34H35N5O4. The second-order valence-corrected chi connectivity index (χ2v) is 11.3. The molecule has 0 bridgehead atoms. The maximum Gasteiger partial charge on any atom is 0.417 e. The molecule has 2 aromatic heterocycles. The maximum atomic E-state index is 13.3. The molecule has 0 saturated heterocycles. The van der Waals surface area contributed by atoms with Gasteiger partial charge in [0.05, 0.1) is 23.4 Å². The lowest BCUT2D eigenvalue weighted by molar-refractivity contribution is 0.0232. The number of nitrogen functional groups attached to an aromatic ring is 1. The quantitative estimate of drug-likeness (QED) is 0.241. The van der Waals surface area contributed by atoms with Crippen LogP contribution in [0.2, 0.25) is 0 Å². The molecule has 2 aromatic carbocycles. The van der Waals surface area contributed by atoms with Crippen LogP contribution in [0.5, 0.6) is 5.75 Å². The van der Waals surface area contributed by atoms with Gasteiger partial charge in [0, 0.05) is 37.5 Å². The van der Waals surface area contributed by atoms with E-state index in [1.54, 1.807) is 33.0 Å². The first kappa shape index (κ1) is 29.4. The standard InChI is InChI=1S/C34H35N5O4/c1-34(2,3)43-33(41)39-18-17-28-27(31(39)40)21-29(38(28)4)30-25(22-36-32(35)37-30)16-15-24-12-8-14-26(20-24)42-19-9-13-23-10-6-5-7-11-23/h5-8,10-12,14,20-22H,9,13,17-19H2,1-4H3,(H2,35,36,37). The first-order chi connectivity index (χ1) is 20.6. The number of amides is 2. The van der Waals surface area contributed by atoms with E-state index in [0.29, 0.717) is 35.5 Å². The summed E-state index contributed by atoms with van der Waals surface area (Å²) in [6.45, 7) is 6.13. The Balaban J connectivity index is 1.35. The predicted molar refractivity (Wildman–Crippen MR) is 165 cm³/mol. The molecular weight excluding hydrogens is 542 g/mol. The van der Waals surface area contributed by atoms with Gasteiger partial charge >= 0.3 is 6.09 Å². The third kappa shape index (κ3) is 7.04. The second kappa shape index (κ2) is 12.4. The molecule has 0 aliphatic carbocycles. The Kier molecular flexibility index (Phi) is 8.48. The van der Waals surface area contributed by atoms with Gasteiger partial charge in [-0.25, -0.2) is 19.7 Å².